The molecule has 0 aliphatic carbocycles. The van der Waals surface area contributed by atoms with E-state index in [2.05, 4.69) is 5.32 Å². The molecule has 1 saturated heterocycles. The summed E-state index contributed by atoms with van der Waals surface area (Å²) < 4.78 is 0. The van der Waals surface area contributed by atoms with Crippen LogP contribution in [0.25, 0.3) is 0 Å². The van der Waals surface area contributed by atoms with E-state index in [0.29, 0.717) is 13.1 Å². The number of carbonyl (C=O) groups excluding carboxylic acids is 1. The number of carbonyl (C=O) groups is 2. The molecule has 0 aromatic carbocycles. The first-order chi connectivity index (χ1) is 7.63. The molecule has 0 aromatic heterocycles. The van der Waals surface area contributed by atoms with Gasteiger partial charge in [-0.05, 0) is 26.3 Å². The van der Waals surface area contributed by atoms with Crippen molar-refractivity contribution in [2.45, 2.75) is 38.6 Å². The van der Waals surface area contributed by atoms with Gasteiger partial charge in [-0.2, -0.15) is 0 Å². The number of aliphatic carboxylic acids is 1. The average Bonchev–Trinajstić information content (AvgIpc) is 2.20. The Morgan fingerprint density at radius 1 is 1.44 bits per heavy atom. The number of nitrogens with one attached hydrogen (secondary N) is 1. The van der Waals surface area contributed by atoms with Crippen molar-refractivity contribution in [3.8, 4) is 0 Å². The Kier molecular flexibility index (Phi) is 5.25. The fourth-order valence-electron chi connectivity index (χ4n) is 2.14. The Morgan fingerprint density at radius 3 is 2.81 bits per heavy atom. The molecular weight excluding hydrogens is 208 g/mol. The van der Waals surface area contributed by atoms with Gasteiger partial charge < -0.3 is 10.4 Å². The van der Waals surface area contributed by atoms with E-state index in [9.17, 15) is 9.59 Å². The molecular formula is C11H20N2O3. The predicted molar refractivity (Wildman–Crippen MR) is 60.1 cm³/mol. The highest BCUT2D eigenvalue weighted by molar-refractivity contribution is 5.78. The lowest BCUT2D eigenvalue weighted by molar-refractivity contribution is -0.139. The lowest BCUT2D eigenvalue weighted by Crippen LogP contribution is -2.46. The highest BCUT2D eigenvalue weighted by Gasteiger charge is 2.25. The number of carboxylic acid groups (broad SMARTS) is 1. The van der Waals surface area contributed by atoms with Gasteiger partial charge in [-0.15, -0.1) is 0 Å². The van der Waals surface area contributed by atoms with E-state index in [0.717, 1.165) is 25.8 Å². The topological polar surface area (TPSA) is 69.6 Å². The second-order valence-electron chi connectivity index (χ2n) is 4.17. The second kappa shape index (κ2) is 6.48. The average molecular weight is 228 g/mol. The SMILES string of the molecule is CCNC(=O)CN1CCCCC1CC(=O)O. The van der Waals surface area contributed by atoms with Gasteiger partial charge in [-0.3, -0.25) is 14.5 Å². The number of piperidine rings is 1. The summed E-state index contributed by atoms with van der Waals surface area (Å²) in [5.74, 6) is -0.799. The van der Waals surface area contributed by atoms with E-state index >= 15 is 0 Å². The van der Waals surface area contributed by atoms with Crippen molar-refractivity contribution >= 4 is 11.9 Å². The Bertz CT molecular complexity index is 256. The summed E-state index contributed by atoms with van der Waals surface area (Å²) in [6.07, 6.45) is 3.13. The summed E-state index contributed by atoms with van der Waals surface area (Å²) in [5, 5.41) is 11.5. The quantitative estimate of drug-likeness (QED) is 0.717. The zero-order valence-electron chi connectivity index (χ0n) is 9.74. The van der Waals surface area contributed by atoms with Gasteiger partial charge in [0, 0.05) is 12.6 Å². The smallest absolute Gasteiger partial charge is 0.304 e. The minimum absolute atomic E-state index is 0.0141. The third-order valence-electron chi connectivity index (χ3n) is 2.88. The van der Waals surface area contributed by atoms with Gasteiger partial charge in [-0.1, -0.05) is 6.42 Å². The van der Waals surface area contributed by atoms with E-state index in [-0.39, 0.29) is 18.4 Å². The first kappa shape index (κ1) is 13.0. The minimum atomic E-state index is -0.784. The van der Waals surface area contributed by atoms with Crippen LogP contribution in [0.2, 0.25) is 0 Å². The zero-order valence-corrected chi connectivity index (χ0v) is 9.74. The van der Waals surface area contributed by atoms with Crippen molar-refractivity contribution in [2.75, 3.05) is 19.6 Å². The van der Waals surface area contributed by atoms with E-state index < -0.39 is 5.97 Å². The van der Waals surface area contributed by atoms with Crippen molar-refractivity contribution in [3.05, 3.63) is 0 Å². The molecule has 1 fully saturated rings. The van der Waals surface area contributed by atoms with Crippen LogP contribution in [0.1, 0.15) is 32.6 Å². The standard InChI is InChI=1S/C11H20N2O3/c1-2-12-10(14)8-13-6-4-3-5-9(13)7-11(15)16/h9H,2-8H2,1H3,(H,12,14)(H,15,16). The highest BCUT2D eigenvalue weighted by atomic mass is 16.4. The maximum Gasteiger partial charge on any atom is 0.304 e. The molecule has 1 rings (SSSR count). The van der Waals surface area contributed by atoms with Crippen LogP contribution < -0.4 is 5.32 Å². The van der Waals surface area contributed by atoms with Crippen LogP contribution in [0.5, 0.6) is 0 Å². The van der Waals surface area contributed by atoms with Gasteiger partial charge in [0.2, 0.25) is 5.91 Å². The van der Waals surface area contributed by atoms with Gasteiger partial charge in [-0.25, -0.2) is 0 Å². The number of likely N-dealkylation sites (N-methyl/N-ethyl adjacent to an activating group) is 1. The number of rotatable bonds is 5. The highest BCUT2D eigenvalue weighted by Crippen LogP contribution is 2.19. The number of amides is 1. The molecule has 1 unspecified atom stereocenters. The Morgan fingerprint density at radius 2 is 2.19 bits per heavy atom. The lowest BCUT2D eigenvalue weighted by Gasteiger charge is -2.34. The summed E-state index contributed by atoms with van der Waals surface area (Å²) in [7, 11) is 0. The van der Waals surface area contributed by atoms with E-state index in [4.69, 9.17) is 5.11 Å². The maximum absolute atomic E-state index is 11.4. The first-order valence-corrected chi connectivity index (χ1v) is 5.86. The molecule has 5 heteroatoms. The summed E-state index contributed by atoms with van der Waals surface area (Å²) in [4.78, 5) is 24.1. The van der Waals surface area contributed by atoms with Crippen LogP contribution in [0.4, 0.5) is 0 Å². The van der Waals surface area contributed by atoms with Crippen LogP contribution in [0.15, 0.2) is 0 Å². The second-order valence-corrected chi connectivity index (χ2v) is 4.17. The number of hydrogen-bond donors (Lipinski definition) is 2. The van der Waals surface area contributed by atoms with Gasteiger partial charge in [0.25, 0.3) is 0 Å². The zero-order chi connectivity index (χ0) is 12.0. The number of nitrogens with zero attached hydrogens (tertiary/aromatic N) is 1. The summed E-state index contributed by atoms with van der Waals surface area (Å²) in [6.45, 7) is 3.65. The largest absolute Gasteiger partial charge is 0.481 e. The molecule has 5 nitrogen and oxygen atoms in total. The Balaban J connectivity index is 2.46. The molecule has 1 aliphatic heterocycles. The van der Waals surface area contributed by atoms with E-state index in [1.165, 1.54) is 0 Å². The number of likely N-dealkylation sites (tertiary alicyclic amines) is 1. The van der Waals surface area contributed by atoms with Gasteiger partial charge in [0.05, 0.1) is 13.0 Å². The molecule has 16 heavy (non-hydrogen) atoms. The summed E-state index contributed by atoms with van der Waals surface area (Å²) in [5.41, 5.74) is 0. The molecule has 1 atom stereocenters. The Labute approximate surface area is 95.8 Å². The molecule has 1 amide bonds. The van der Waals surface area contributed by atoms with Crippen LogP contribution in [0, 0.1) is 0 Å². The molecule has 1 aliphatic rings. The van der Waals surface area contributed by atoms with E-state index in [1.807, 2.05) is 11.8 Å². The van der Waals surface area contributed by atoms with Crippen molar-refractivity contribution in [3.63, 3.8) is 0 Å². The van der Waals surface area contributed by atoms with Gasteiger partial charge in [0.15, 0.2) is 0 Å². The fraction of sp³-hybridized carbons (Fsp3) is 0.818. The van der Waals surface area contributed by atoms with Crippen LogP contribution in [0.3, 0.4) is 0 Å². The van der Waals surface area contributed by atoms with Crippen molar-refractivity contribution < 1.29 is 14.7 Å². The molecule has 0 bridgehead atoms. The normalized spacial score (nSPS) is 21.7. The fourth-order valence-corrected chi connectivity index (χ4v) is 2.14. The predicted octanol–water partition coefficient (Wildman–Crippen LogP) is 0.452. The monoisotopic (exact) mass is 228 g/mol. The molecule has 0 radical (unpaired) electrons. The molecule has 2 N–H and O–H groups in total. The van der Waals surface area contributed by atoms with Gasteiger partial charge >= 0.3 is 5.97 Å². The molecule has 0 saturated carbocycles. The lowest BCUT2D eigenvalue weighted by atomic mass is 9.99. The Hall–Kier alpha value is -1.10. The molecule has 0 aromatic rings. The third-order valence-corrected chi connectivity index (χ3v) is 2.88. The number of hydrogen-bond acceptors (Lipinski definition) is 3. The molecule has 1 heterocycles. The van der Waals surface area contributed by atoms with Crippen LogP contribution in [-0.4, -0.2) is 47.6 Å². The molecule has 92 valence electrons. The van der Waals surface area contributed by atoms with Crippen LogP contribution in [-0.2, 0) is 9.59 Å². The maximum atomic E-state index is 11.4. The van der Waals surface area contributed by atoms with Crippen molar-refractivity contribution in [1.82, 2.24) is 10.2 Å². The van der Waals surface area contributed by atoms with Crippen LogP contribution >= 0.6 is 0 Å². The minimum Gasteiger partial charge on any atom is -0.481 e. The number of carboxylic acids is 1. The summed E-state index contributed by atoms with van der Waals surface area (Å²) in [6, 6.07) is 0.0221. The first-order valence-electron chi connectivity index (χ1n) is 5.86. The van der Waals surface area contributed by atoms with Gasteiger partial charge in [0.1, 0.15) is 0 Å². The van der Waals surface area contributed by atoms with Crippen molar-refractivity contribution in [2.24, 2.45) is 0 Å². The summed E-state index contributed by atoms with van der Waals surface area (Å²) >= 11 is 0. The van der Waals surface area contributed by atoms with E-state index in [1.54, 1.807) is 0 Å². The van der Waals surface area contributed by atoms with Crippen molar-refractivity contribution in [1.29, 1.82) is 0 Å². The molecule has 0 spiro atoms. The third kappa shape index (κ3) is 4.18.